The van der Waals surface area contributed by atoms with Gasteiger partial charge in [-0.2, -0.15) is 0 Å². The van der Waals surface area contributed by atoms with Gasteiger partial charge < -0.3 is 62.1 Å². The van der Waals surface area contributed by atoms with E-state index in [0.29, 0.717) is 0 Å². The summed E-state index contributed by atoms with van der Waals surface area (Å²) < 4.78 is 5.37. The molecular weight excluding hydrogens is 712 g/mol. The van der Waals surface area contributed by atoms with Gasteiger partial charge in [0, 0.05) is 13.1 Å². The molecule has 1 aliphatic heterocycles. The largest absolute Gasteiger partial charge is 0.507 e. The molecule has 13 N–H and O–H groups in total. The van der Waals surface area contributed by atoms with E-state index in [0.717, 1.165) is 0 Å². The number of aliphatic carboxylic acids is 1. The lowest BCUT2D eigenvalue weighted by Crippen LogP contribution is -2.61. The van der Waals surface area contributed by atoms with Gasteiger partial charge in [0.25, 0.3) is 0 Å². The summed E-state index contributed by atoms with van der Waals surface area (Å²) in [4.78, 5) is 91.2. The van der Waals surface area contributed by atoms with Crippen LogP contribution in [0, 0.1) is 0 Å². The Morgan fingerprint density at radius 1 is 0.811 bits per heavy atom. The first kappa shape index (κ1) is 43.7. The van der Waals surface area contributed by atoms with Gasteiger partial charge in [-0.1, -0.05) is 12.1 Å². The number of aliphatic imine (C=N–C) groups is 1. The summed E-state index contributed by atoms with van der Waals surface area (Å²) in [6, 6.07) is -3.35. The number of amides is 6. The standard InChI is InChI=1S/C30H44N8O15/c39-11-19(25(45)32-17(7-4-10-38(52)15-42)24(44)33-18(30(49)50)6-3-9-31-51)34-26(46)20(12-40)35-27(47)21(13-41)36-28(48)22-14-53-29(37-22)16-5-1-2-8-23(16)43/h1-2,5,8,15,17-22,31,39-41,43,51-52H,3-4,6-7,9-14H2,(H,32,45)(H,33,44)(H,34,46)(H,35,47)(H,36,48)(H,49,50)/t17-,18-,19+,20-,21+,22-/m1/s1. The van der Waals surface area contributed by atoms with Crippen LogP contribution in [0.2, 0.25) is 0 Å². The molecule has 23 heteroatoms. The molecule has 0 radical (unpaired) electrons. The second-order valence-electron chi connectivity index (χ2n) is 11.4. The number of nitrogens with one attached hydrogen (secondary N) is 6. The van der Waals surface area contributed by atoms with Gasteiger partial charge in [-0.25, -0.2) is 20.3 Å². The lowest BCUT2D eigenvalue weighted by molar-refractivity contribution is -0.150. The molecular formula is C30H44N8O15. The van der Waals surface area contributed by atoms with Crippen LogP contribution in [-0.4, -0.2) is 165 Å². The molecule has 0 bridgehead atoms. The van der Waals surface area contributed by atoms with Crippen molar-refractivity contribution >= 4 is 47.8 Å². The van der Waals surface area contributed by atoms with Crippen LogP contribution in [0.4, 0.5) is 0 Å². The molecule has 0 spiro atoms. The first-order chi connectivity index (χ1) is 25.3. The minimum absolute atomic E-state index is 0.00792. The molecule has 2 rings (SSSR count). The van der Waals surface area contributed by atoms with Crippen LogP contribution in [0.25, 0.3) is 0 Å². The van der Waals surface area contributed by atoms with Crippen LogP contribution in [-0.2, 0) is 38.3 Å². The van der Waals surface area contributed by atoms with Crippen molar-refractivity contribution in [2.45, 2.75) is 61.9 Å². The van der Waals surface area contributed by atoms with Gasteiger partial charge >= 0.3 is 5.97 Å². The van der Waals surface area contributed by atoms with Crippen LogP contribution >= 0.6 is 0 Å². The zero-order valence-corrected chi connectivity index (χ0v) is 28.2. The van der Waals surface area contributed by atoms with Crippen LogP contribution in [0.3, 0.4) is 0 Å². The predicted molar refractivity (Wildman–Crippen MR) is 176 cm³/mol. The number of carboxylic acids is 1. The maximum Gasteiger partial charge on any atom is 0.326 e. The fourth-order valence-electron chi connectivity index (χ4n) is 4.67. The normalized spacial score (nSPS) is 16.3. The Balaban J connectivity index is 2.07. The highest BCUT2D eigenvalue weighted by Crippen LogP contribution is 2.21. The maximum atomic E-state index is 13.1. The van der Waals surface area contributed by atoms with Crippen LogP contribution in [0.1, 0.15) is 31.2 Å². The SMILES string of the molecule is O=CN(O)CCC[C@@H](NC(=O)[C@H](CO)NC(=O)[C@@H](CO)NC(=O)[C@H](CO)NC(=O)[C@H]1COC(c2ccccc2O)=N1)C(=O)N[C@H](CCCNO)C(=O)O. The minimum atomic E-state index is -1.80. The Morgan fingerprint density at radius 3 is 1.85 bits per heavy atom. The molecule has 0 saturated heterocycles. The van der Waals surface area contributed by atoms with E-state index in [2.05, 4.69) is 31.6 Å². The van der Waals surface area contributed by atoms with Crippen molar-refractivity contribution < 1.29 is 74.2 Å². The number of para-hydroxylation sites is 1. The molecule has 6 amide bonds. The molecule has 0 aromatic heterocycles. The van der Waals surface area contributed by atoms with Crippen LogP contribution in [0.15, 0.2) is 29.3 Å². The molecule has 1 heterocycles. The fourth-order valence-corrected chi connectivity index (χ4v) is 4.67. The predicted octanol–water partition coefficient (Wildman–Crippen LogP) is -5.59. The van der Waals surface area contributed by atoms with Crippen molar-refractivity contribution in [2.24, 2.45) is 4.99 Å². The Labute approximate surface area is 301 Å². The number of hydroxylamine groups is 3. The summed E-state index contributed by atoms with van der Waals surface area (Å²) in [7, 11) is 0. The van der Waals surface area contributed by atoms with Crippen molar-refractivity contribution in [3.63, 3.8) is 0 Å². The van der Waals surface area contributed by atoms with Gasteiger partial charge in [0.05, 0.1) is 25.4 Å². The third-order valence-corrected chi connectivity index (χ3v) is 7.57. The Kier molecular flexibility index (Phi) is 18.5. The molecule has 0 unspecified atom stereocenters. The van der Waals surface area contributed by atoms with E-state index >= 15 is 0 Å². The topological polar surface area (TPSA) is 358 Å². The van der Waals surface area contributed by atoms with Gasteiger partial charge in [0.2, 0.25) is 41.8 Å². The van der Waals surface area contributed by atoms with Crippen molar-refractivity contribution in [3.8, 4) is 5.75 Å². The van der Waals surface area contributed by atoms with Crippen LogP contribution in [0.5, 0.6) is 5.75 Å². The molecule has 0 fully saturated rings. The molecule has 1 aromatic rings. The minimum Gasteiger partial charge on any atom is -0.507 e. The van der Waals surface area contributed by atoms with Crippen LogP contribution < -0.4 is 32.1 Å². The maximum absolute atomic E-state index is 13.1. The van der Waals surface area contributed by atoms with Gasteiger partial charge in [0.15, 0.2) is 6.04 Å². The Hall–Kier alpha value is -5.46. The third-order valence-electron chi connectivity index (χ3n) is 7.57. The smallest absolute Gasteiger partial charge is 0.326 e. The lowest BCUT2D eigenvalue weighted by Gasteiger charge is -2.25. The molecule has 0 saturated carbocycles. The molecule has 294 valence electrons. The van der Waals surface area contributed by atoms with Crippen molar-refractivity contribution in [3.05, 3.63) is 29.8 Å². The number of carbonyl (C=O) groups is 7. The highest BCUT2D eigenvalue weighted by molar-refractivity contribution is 6.01. The molecule has 23 nitrogen and oxygen atoms in total. The number of benzene rings is 1. The van der Waals surface area contributed by atoms with Crippen molar-refractivity contribution in [1.82, 2.24) is 37.1 Å². The molecule has 6 atom stereocenters. The van der Waals surface area contributed by atoms with Gasteiger partial charge in [-0.15, -0.1) is 0 Å². The van der Waals surface area contributed by atoms with Gasteiger partial charge in [0.1, 0.15) is 42.6 Å². The molecule has 53 heavy (non-hydrogen) atoms. The van der Waals surface area contributed by atoms with E-state index < -0.39 is 91.6 Å². The monoisotopic (exact) mass is 756 g/mol. The van der Waals surface area contributed by atoms with E-state index in [-0.39, 0.29) is 74.1 Å². The number of phenols is 1. The van der Waals surface area contributed by atoms with Gasteiger partial charge in [-0.3, -0.25) is 34.0 Å². The quantitative estimate of drug-likeness (QED) is 0.0202. The average molecular weight is 757 g/mol. The summed E-state index contributed by atoms with van der Waals surface area (Å²) in [5.74, 6) is -7.02. The number of hydrogen-bond acceptors (Lipinski definition) is 16. The number of aliphatic hydroxyl groups excluding tert-OH is 3. The summed E-state index contributed by atoms with van der Waals surface area (Å²) in [6.45, 7) is -3.63. The van der Waals surface area contributed by atoms with E-state index in [1.165, 1.54) is 12.1 Å². The van der Waals surface area contributed by atoms with E-state index in [1.807, 2.05) is 5.48 Å². The number of aromatic hydroxyl groups is 1. The number of hydrogen-bond donors (Lipinski definition) is 13. The number of phenolic OH excluding ortho intramolecular Hbond substituents is 1. The van der Waals surface area contributed by atoms with E-state index in [4.69, 9.17) is 9.94 Å². The summed E-state index contributed by atoms with van der Waals surface area (Å²) in [5, 5.41) is 78.2. The summed E-state index contributed by atoms with van der Waals surface area (Å²) in [6.07, 6.45) is -0.270. The van der Waals surface area contributed by atoms with E-state index in [1.54, 1.807) is 12.1 Å². The average Bonchev–Trinajstić information content (AvgIpc) is 3.64. The number of ether oxygens (including phenoxy) is 1. The second kappa shape index (κ2) is 22.5. The summed E-state index contributed by atoms with van der Waals surface area (Å²) >= 11 is 0. The first-order valence-electron chi connectivity index (χ1n) is 16.1. The number of rotatable bonds is 24. The highest BCUT2D eigenvalue weighted by Gasteiger charge is 2.34. The van der Waals surface area contributed by atoms with Gasteiger partial charge in [-0.05, 0) is 37.8 Å². The Bertz CT molecular complexity index is 1460. The zero-order chi connectivity index (χ0) is 39.5. The number of nitrogens with zero attached hydrogens (tertiary/aromatic N) is 2. The second-order valence-corrected chi connectivity index (χ2v) is 11.4. The zero-order valence-electron chi connectivity index (χ0n) is 28.2. The molecule has 1 aromatic carbocycles. The number of carbonyl (C=O) groups excluding carboxylic acids is 6. The summed E-state index contributed by atoms with van der Waals surface area (Å²) in [5.41, 5.74) is 2.05. The van der Waals surface area contributed by atoms with Crippen molar-refractivity contribution in [1.29, 1.82) is 0 Å². The molecule has 0 aliphatic carbocycles. The van der Waals surface area contributed by atoms with E-state index in [9.17, 15) is 64.3 Å². The molecule has 1 aliphatic rings. The van der Waals surface area contributed by atoms with Crippen molar-refractivity contribution in [2.75, 3.05) is 39.5 Å². The fraction of sp³-hybridized carbons (Fsp3) is 0.533. The lowest BCUT2D eigenvalue weighted by atomic mass is 10.1. The number of carboxylic acid groups (broad SMARTS) is 1. The first-order valence-corrected chi connectivity index (χ1v) is 16.1. The number of aliphatic hydroxyl groups is 3. The Morgan fingerprint density at radius 2 is 1.32 bits per heavy atom. The highest BCUT2D eigenvalue weighted by atomic mass is 16.5. The third kappa shape index (κ3) is 13.9.